The summed E-state index contributed by atoms with van der Waals surface area (Å²) in [5.74, 6) is 0.488. The summed E-state index contributed by atoms with van der Waals surface area (Å²) in [4.78, 5) is 7.12. The zero-order valence-corrected chi connectivity index (χ0v) is 13.3. The Morgan fingerprint density at radius 3 is 3.05 bits per heavy atom. The first kappa shape index (κ1) is 14.1. The van der Waals surface area contributed by atoms with Gasteiger partial charge in [-0.2, -0.15) is 0 Å². The highest BCUT2D eigenvalue weighted by molar-refractivity contribution is 7.13. The van der Waals surface area contributed by atoms with Gasteiger partial charge in [-0.3, -0.25) is 4.90 Å². The SMILES string of the molecule is CC1CCCN1Cc1cccc(-c2nc(CCl)cs2)c1. The lowest BCUT2D eigenvalue weighted by molar-refractivity contribution is 0.260. The maximum absolute atomic E-state index is 5.83. The number of aromatic nitrogens is 1. The van der Waals surface area contributed by atoms with Crippen molar-refractivity contribution in [3.05, 3.63) is 40.9 Å². The van der Waals surface area contributed by atoms with Crippen molar-refractivity contribution in [2.45, 2.75) is 38.2 Å². The van der Waals surface area contributed by atoms with Crippen LogP contribution >= 0.6 is 22.9 Å². The number of halogens is 1. The molecule has 20 heavy (non-hydrogen) atoms. The average molecular weight is 307 g/mol. The zero-order valence-electron chi connectivity index (χ0n) is 11.7. The molecule has 2 nitrogen and oxygen atoms in total. The first-order valence-corrected chi connectivity index (χ1v) is 8.51. The molecule has 3 rings (SSSR count). The van der Waals surface area contributed by atoms with Gasteiger partial charge in [0.1, 0.15) is 5.01 Å². The van der Waals surface area contributed by atoms with E-state index in [1.54, 1.807) is 11.3 Å². The molecule has 0 N–H and O–H groups in total. The minimum atomic E-state index is 0.488. The van der Waals surface area contributed by atoms with Crippen LogP contribution in [0.5, 0.6) is 0 Å². The molecule has 1 aliphatic heterocycles. The largest absolute Gasteiger partial charge is 0.296 e. The van der Waals surface area contributed by atoms with Crippen LogP contribution in [-0.2, 0) is 12.4 Å². The number of thiazole rings is 1. The van der Waals surface area contributed by atoms with Crippen LogP contribution in [0.2, 0.25) is 0 Å². The molecular formula is C16H19ClN2S. The van der Waals surface area contributed by atoms with Crippen LogP contribution in [0.1, 0.15) is 31.0 Å². The molecule has 0 saturated carbocycles. The summed E-state index contributed by atoms with van der Waals surface area (Å²) in [5.41, 5.74) is 3.54. The van der Waals surface area contributed by atoms with Crippen molar-refractivity contribution in [2.75, 3.05) is 6.54 Å². The first-order chi connectivity index (χ1) is 9.76. The molecule has 0 bridgehead atoms. The number of likely N-dealkylation sites (tertiary alicyclic amines) is 1. The van der Waals surface area contributed by atoms with E-state index in [0.717, 1.165) is 17.2 Å². The fourth-order valence-corrected chi connectivity index (χ4v) is 3.81. The van der Waals surface area contributed by atoms with Crippen molar-refractivity contribution in [2.24, 2.45) is 0 Å². The van der Waals surface area contributed by atoms with E-state index in [2.05, 4.69) is 41.1 Å². The average Bonchev–Trinajstić information content (AvgIpc) is 3.09. The second kappa shape index (κ2) is 6.25. The highest BCUT2D eigenvalue weighted by Gasteiger charge is 2.20. The van der Waals surface area contributed by atoms with E-state index in [1.165, 1.54) is 30.5 Å². The fourth-order valence-electron chi connectivity index (χ4n) is 2.77. The Morgan fingerprint density at radius 2 is 2.35 bits per heavy atom. The standard InChI is InChI=1S/C16H19ClN2S/c1-12-4-3-7-19(12)10-13-5-2-6-14(8-13)16-18-15(9-17)11-20-16/h2,5-6,8,11-12H,3-4,7,9-10H2,1H3. The Bertz CT molecular complexity index is 581. The van der Waals surface area contributed by atoms with E-state index in [-0.39, 0.29) is 0 Å². The number of benzene rings is 1. The van der Waals surface area contributed by atoms with Crippen molar-refractivity contribution in [3.63, 3.8) is 0 Å². The van der Waals surface area contributed by atoms with E-state index in [0.29, 0.717) is 11.9 Å². The van der Waals surface area contributed by atoms with Crippen molar-refractivity contribution < 1.29 is 0 Å². The van der Waals surface area contributed by atoms with E-state index in [1.807, 2.05) is 5.38 Å². The van der Waals surface area contributed by atoms with Crippen molar-refractivity contribution in [1.82, 2.24) is 9.88 Å². The Hall–Kier alpha value is -0.900. The van der Waals surface area contributed by atoms with Crippen LogP contribution in [0.3, 0.4) is 0 Å². The van der Waals surface area contributed by atoms with E-state index in [4.69, 9.17) is 11.6 Å². The number of rotatable bonds is 4. The molecule has 2 heterocycles. The molecule has 1 aromatic carbocycles. The van der Waals surface area contributed by atoms with E-state index < -0.39 is 0 Å². The summed E-state index contributed by atoms with van der Waals surface area (Å²) in [5, 5.41) is 3.11. The maximum atomic E-state index is 5.83. The van der Waals surface area contributed by atoms with E-state index >= 15 is 0 Å². The number of alkyl halides is 1. The van der Waals surface area contributed by atoms with Crippen LogP contribution in [0, 0.1) is 0 Å². The lowest BCUT2D eigenvalue weighted by Crippen LogP contribution is -2.26. The van der Waals surface area contributed by atoms with E-state index in [9.17, 15) is 0 Å². The van der Waals surface area contributed by atoms with Crippen LogP contribution in [-0.4, -0.2) is 22.5 Å². The minimum Gasteiger partial charge on any atom is -0.296 e. The van der Waals surface area contributed by atoms with Gasteiger partial charge in [0.25, 0.3) is 0 Å². The van der Waals surface area contributed by atoms with Crippen LogP contribution < -0.4 is 0 Å². The molecule has 106 valence electrons. The van der Waals surface area contributed by atoms with Gasteiger partial charge in [0.15, 0.2) is 0 Å². The van der Waals surface area contributed by atoms with Crippen molar-refractivity contribution >= 4 is 22.9 Å². The second-order valence-corrected chi connectivity index (χ2v) is 6.57. The number of hydrogen-bond acceptors (Lipinski definition) is 3. The molecular weight excluding hydrogens is 288 g/mol. The maximum Gasteiger partial charge on any atom is 0.123 e. The van der Waals surface area contributed by atoms with Gasteiger partial charge in [-0.1, -0.05) is 18.2 Å². The normalized spacial score (nSPS) is 19.6. The molecule has 0 radical (unpaired) electrons. The van der Waals surface area contributed by atoms with Crippen molar-refractivity contribution in [3.8, 4) is 10.6 Å². The molecule has 4 heteroatoms. The van der Waals surface area contributed by atoms with Gasteiger partial charge >= 0.3 is 0 Å². The zero-order chi connectivity index (χ0) is 13.9. The van der Waals surface area contributed by atoms with Gasteiger partial charge in [-0.05, 0) is 37.9 Å². The summed E-state index contributed by atoms with van der Waals surface area (Å²) < 4.78 is 0. The van der Waals surface area contributed by atoms with Gasteiger partial charge in [0, 0.05) is 23.5 Å². The highest BCUT2D eigenvalue weighted by Crippen LogP contribution is 2.26. The minimum absolute atomic E-state index is 0.488. The van der Waals surface area contributed by atoms with Crippen molar-refractivity contribution in [1.29, 1.82) is 0 Å². The monoisotopic (exact) mass is 306 g/mol. The van der Waals surface area contributed by atoms with Crippen LogP contribution in [0.15, 0.2) is 29.6 Å². The van der Waals surface area contributed by atoms with Gasteiger partial charge in [0.05, 0.1) is 11.6 Å². The quantitative estimate of drug-likeness (QED) is 0.771. The summed E-state index contributed by atoms with van der Waals surface area (Å²) in [6, 6.07) is 9.45. The van der Waals surface area contributed by atoms with Gasteiger partial charge in [0.2, 0.25) is 0 Å². The molecule has 1 aromatic heterocycles. The Kier molecular flexibility index (Phi) is 4.39. The third-order valence-electron chi connectivity index (χ3n) is 3.94. The van der Waals surface area contributed by atoms with Crippen LogP contribution in [0.25, 0.3) is 10.6 Å². The third-order valence-corrected chi connectivity index (χ3v) is 5.15. The molecule has 2 aromatic rings. The Balaban J connectivity index is 1.78. The molecule has 0 amide bonds. The van der Waals surface area contributed by atoms with Gasteiger partial charge in [-0.15, -0.1) is 22.9 Å². The van der Waals surface area contributed by atoms with Crippen LogP contribution in [0.4, 0.5) is 0 Å². The number of nitrogens with zero attached hydrogens (tertiary/aromatic N) is 2. The third kappa shape index (κ3) is 3.05. The molecule has 1 atom stereocenters. The summed E-state index contributed by atoms with van der Waals surface area (Å²) in [6.07, 6.45) is 2.65. The fraction of sp³-hybridized carbons (Fsp3) is 0.438. The first-order valence-electron chi connectivity index (χ1n) is 7.10. The predicted molar refractivity (Wildman–Crippen MR) is 86.2 cm³/mol. The molecule has 1 unspecified atom stereocenters. The Morgan fingerprint density at radius 1 is 1.45 bits per heavy atom. The predicted octanol–water partition coefficient (Wildman–Crippen LogP) is 4.53. The highest BCUT2D eigenvalue weighted by atomic mass is 35.5. The lowest BCUT2D eigenvalue weighted by atomic mass is 10.1. The summed E-state index contributed by atoms with van der Waals surface area (Å²) in [6.45, 7) is 4.59. The summed E-state index contributed by atoms with van der Waals surface area (Å²) >= 11 is 7.50. The Labute approximate surface area is 129 Å². The lowest BCUT2D eigenvalue weighted by Gasteiger charge is -2.21. The molecule has 0 aliphatic carbocycles. The molecule has 1 saturated heterocycles. The molecule has 1 aliphatic rings. The molecule has 0 spiro atoms. The molecule has 1 fully saturated rings. The number of hydrogen-bond donors (Lipinski definition) is 0. The summed E-state index contributed by atoms with van der Waals surface area (Å²) in [7, 11) is 0. The second-order valence-electron chi connectivity index (χ2n) is 5.44. The topological polar surface area (TPSA) is 16.1 Å². The van der Waals surface area contributed by atoms with Gasteiger partial charge < -0.3 is 0 Å². The smallest absolute Gasteiger partial charge is 0.123 e. The van der Waals surface area contributed by atoms with Gasteiger partial charge in [-0.25, -0.2) is 4.98 Å².